The van der Waals surface area contributed by atoms with Gasteiger partial charge >= 0.3 is 0 Å². The Morgan fingerprint density at radius 3 is 2.42 bits per heavy atom. The first-order valence-corrected chi connectivity index (χ1v) is 7.17. The SMILES string of the molecule is CCOC(CC)c1noc(C(C(C)C)C(C)NC)n1. The van der Waals surface area contributed by atoms with Crippen molar-refractivity contribution in [2.45, 2.75) is 59.1 Å². The number of nitrogens with zero attached hydrogens (tertiary/aromatic N) is 2. The highest BCUT2D eigenvalue weighted by Crippen LogP contribution is 2.28. The van der Waals surface area contributed by atoms with Gasteiger partial charge in [0.2, 0.25) is 11.7 Å². The average molecular weight is 269 g/mol. The van der Waals surface area contributed by atoms with Gasteiger partial charge in [-0.2, -0.15) is 4.98 Å². The molecule has 0 saturated heterocycles. The summed E-state index contributed by atoms with van der Waals surface area (Å²) in [5, 5.41) is 7.35. The molecule has 0 aliphatic heterocycles. The molecular formula is C14H27N3O2. The first-order chi connectivity index (χ1) is 9.04. The largest absolute Gasteiger partial charge is 0.370 e. The first-order valence-electron chi connectivity index (χ1n) is 7.17. The number of nitrogens with one attached hydrogen (secondary N) is 1. The Balaban J connectivity index is 2.92. The molecule has 1 N–H and O–H groups in total. The molecule has 1 heterocycles. The molecule has 0 fully saturated rings. The maximum Gasteiger partial charge on any atom is 0.231 e. The van der Waals surface area contributed by atoms with Crippen molar-refractivity contribution in [1.82, 2.24) is 15.5 Å². The van der Waals surface area contributed by atoms with Crippen LogP contribution in [-0.2, 0) is 4.74 Å². The highest BCUT2D eigenvalue weighted by Gasteiger charge is 2.28. The summed E-state index contributed by atoms with van der Waals surface area (Å²) in [6.45, 7) is 11.2. The second kappa shape index (κ2) is 7.60. The van der Waals surface area contributed by atoms with E-state index in [1.807, 2.05) is 14.0 Å². The van der Waals surface area contributed by atoms with Crippen LogP contribution in [0.15, 0.2) is 4.52 Å². The second-order valence-corrected chi connectivity index (χ2v) is 5.19. The summed E-state index contributed by atoms with van der Waals surface area (Å²) >= 11 is 0. The topological polar surface area (TPSA) is 60.2 Å². The number of hydrogen-bond acceptors (Lipinski definition) is 5. The molecule has 3 atom stereocenters. The minimum atomic E-state index is -0.0693. The van der Waals surface area contributed by atoms with Gasteiger partial charge in [0.05, 0.1) is 5.92 Å². The number of rotatable bonds is 8. The Kier molecular flexibility index (Phi) is 6.45. The van der Waals surface area contributed by atoms with Crippen LogP contribution in [0.1, 0.15) is 64.8 Å². The zero-order valence-corrected chi connectivity index (χ0v) is 12.9. The van der Waals surface area contributed by atoms with Gasteiger partial charge in [-0.1, -0.05) is 25.9 Å². The van der Waals surface area contributed by atoms with E-state index in [0.29, 0.717) is 30.3 Å². The van der Waals surface area contributed by atoms with E-state index >= 15 is 0 Å². The zero-order chi connectivity index (χ0) is 14.4. The van der Waals surface area contributed by atoms with Crippen molar-refractivity contribution >= 4 is 0 Å². The van der Waals surface area contributed by atoms with Gasteiger partial charge in [0.25, 0.3) is 0 Å². The second-order valence-electron chi connectivity index (χ2n) is 5.19. The van der Waals surface area contributed by atoms with Gasteiger partial charge in [0.15, 0.2) is 0 Å². The molecule has 1 aromatic heterocycles. The van der Waals surface area contributed by atoms with Crippen LogP contribution in [0, 0.1) is 5.92 Å². The van der Waals surface area contributed by atoms with E-state index in [9.17, 15) is 0 Å². The molecule has 5 nitrogen and oxygen atoms in total. The van der Waals surface area contributed by atoms with Gasteiger partial charge < -0.3 is 14.6 Å². The summed E-state index contributed by atoms with van der Waals surface area (Å²) in [7, 11) is 1.95. The lowest BCUT2D eigenvalue weighted by atomic mass is 9.89. The van der Waals surface area contributed by atoms with Crippen LogP contribution < -0.4 is 5.32 Å². The molecule has 0 aromatic carbocycles. The molecule has 1 aromatic rings. The van der Waals surface area contributed by atoms with Crippen LogP contribution in [0.25, 0.3) is 0 Å². The van der Waals surface area contributed by atoms with Gasteiger partial charge in [-0.25, -0.2) is 0 Å². The van der Waals surface area contributed by atoms with Gasteiger partial charge in [0.1, 0.15) is 6.10 Å². The molecule has 0 radical (unpaired) electrons. The van der Waals surface area contributed by atoms with Crippen molar-refractivity contribution in [3.05, 3.63) is 11.7 Å². The minimum Gasteiger partial charge on any atom is -0.370 e. The van der Waals surface area contributed by atoms with E-state index in [1.165, 1.54) is 0 Å². The Morgan fingerprint density at radius 2 is 1.95 bits per heavy atom. The van der Waals surface area contributed by atoms with E-state index in [-0.39, 0.29) is 12.0 Å². The van der Waals surface area contributed by atoms with Crippen molar-refractivity contribution in [2.24, 2.45) is 5.92 Å². The maximum atomic E-state index is 5.62. The third-order valence-corrected chi connectivity index (χ3v) is 3.48. The lowest BCUT2D eigenvalue weighted by molar-refractivity contribution is 0.0518. The molecule has 0 saturated carbocycles. The standard InChI is InChI=1S/C14H27N3O2/c1-7-11(18-8-2)13-16-14(19-17-13)12(9(3)4)10(5)15-6/h9-12,15H,7-8H2,1-6H3. The third kappa shape index (κ3) is 4.01. The van der Waals surface area contributed by atoms with Gasteiger partial charge in [-0.3, -0.25) is 0 Å². The lowest BCUT2D eigenvalue weighted by Gasteiger charge is -2.23. The molecule has 5 heteroatoms. The Labute approximate surface area is 116 Å². The lowest BCUT2D eigenvalue weighted by Crippen LogP contribution is -2.32. The van der Waals surface area contributed by atoms with E-state index in [0.717, 1.165) is 6.42 Å². The van der Waals surface area contributed by atoms with E-state index in [1.54, 1.807) is 0 Å². The molecule has 0 aliphatic rings. The normalized spacial score (nSPS) is 16.6. The van der Waals surface area contributed by atoms with Gasteiger partial charge in [-0.15, -0.1) is 0 Å². The number of aromatic nitrogens is 2. The van der Waals surface area contributed by atoms with Crippen LogP contribution in [0.3, 0.4) is 0 Å². The molecular weight excluding hydrogens is 242 g/mol. The van der Waals surface area contributed by atoms with Gasteiger partial charge in [0, 0.05) is 12.6 Å². The summed E-state index contributed by atoms with van der Waals surface area (Å²) in [4.78, 5) is 4.55. The van der Waals surface area contributed by atoms with Crippen LogP contribution in [0.4, 0.5) is 0 Å². The van der Waals surface area contributed by atoms with Crippen molar-refractivity contribution < 1.29 is 9.26 Å². The van der Waals surface area contributed by atoms with E-state index in [4.69, 9.17) is 9.26 Å². The first kappa shape index (κ1) is 16.1. The zero-order valence-electron chi connectivity index (χ0n) is 12.9. The smallest absolute Gasteiger partial charge is 0.231 e. The monoisotopic (exact) mass is 269 g/mol. The number of hydrogen-bond donors (Lipinski definition) is 1. The van der Waals surface area contributed by atoms with Crippen molar-refractivity contribution in [3.8, 4) is 0 Å². The summed E-state index contributed by atoms with van der Waals surface area (Å²) < 4.78 is 11.1. The number of ether oxygens (including phenoxy) is 1. The van der Waals surface area contributed by atoms with Crippen LogP contribution >= 0.6 is 0 Å². The summed E-state index contributed by atoms with van der Waals surface area (Å²) in [5.41, 5.74) is 0. The molecule has 0 spiro atoms. The Hall–Kier alpha value is -0.940. The summed E-state index contributed by atoms with van der Waals surface area (Å²) in [5.74, 6) is 2.01. The fraction of sp³-hybridized carbons (Fsp3) is 0.857. The minimum absolute atomic E-state index is 0.0693. The van der Waals surface area contributed by atoms with Gasteiger partial charge in [-0.05, 0) is 33.2 Å². The average Bonchev–Trinajstić information content (AvgIpc) is 2.84. The third-order valence-electron chi connectivity index (χ3n) is 3.48. The maximum absolute atomic E-state index is 5.62. The Bertz CT molecular complexity index is 365. The predicted octanol–water partition coefficient (Wildman–Crippen LogP) is 2.90. The molecule has 19 heavy (non-hydrogen) atoms. The summed E-state index contributed by atoms with van der Waals surface area (Å²) in [6, 6.07) is 0.292. The molecule has 1 rings (SSSR count). The Morgan fingerprint density at radius 1 is 1.26 bits per heavy atom. The molecule has 0 bridgehead atoms. The van der Waals surface area contributed by atoms with Crippen molar-refractivity contribution in [2.75, 3.05) is 13.7 Å². The van der Waals surface area contributed by atoms with Crippen LogP contribution in [-0.4, -0.2) is 29.8 Å². The molecule has 110 valence electrons. The van der Waals surface area contributed by atoms with Crippen molar-refractivity contribution in [1.29, 1.82) is 0 Å². The number of likely N-dealkylation sites (N-methyl/N-ethyl adjacent to an activating group) is 1. The van der Waals surface area contributed by atoms with Crippen LogP contribution in [0.5, 0.6) is 0 Å². The molecule has 0 aliphatic carbocycles. The molecule has 3 unspecified atom stereocenters. The van der Waals surface area contributed by atoms with Crippen LogP contribution in [0.2, 0.25) is 0 Å². The quantitative estimate of drug-likeness (QED) is 0.786. The van der Waals surface area contributed by atoms with Crippen molar-refractivity contribution in [3.63, 3.8) is 0 Å². The fourth-order valence-corrected chi connectivity index (χ4v) is 2.35. The fourth-order valence-electron chi connectivity index (χ4n) is 2.35. The molecule has 0 amide bonds. The highest BCUT2D eigenvalue weighted by molar-refractivity contribution is 5.01. The predicted molar refractivity (Wildman–Crippen MR) is 75.1 cm³/mol. The van der Waals surface area contributed by atoms with E-state index < -0.39 is 0 Å². The summed E-state index contributed by atoms with van der Waals surface area (Å²) in [6.07, 6.45) is 0.779. The van der Waals surface area contributed by atoms with E-state index in [2.05, 4.69) is 43.2 Å². The highest BCUT2D eigenvalue weighted by atomic mass is 16.5.